The number of carbonyl (C=O) groups excluding carboxylic acids is 2. The standard InChI is InChI=1S/C18H23NO6/c1-16(2,3)25-15(21)19-12-9-7-6-8-11(12)18(22)10-13(14(20)23-5)24-17(18,19)4/h6-9,13,22H,10H2,1-5H3/t13-,17?,18?/m0/s1. The highest BCUT2D eigenvalue weighted by Gasteiger charge is 2.69. The second-order valence-electron chi connectivity index (χ2n) is 7.51. The Labute approximate surface area is 146 Å². The van der Waals surface area contributed by atoms with E-state index in [-0.39, 0.29) is 6.42 Å². The molecule has 3 atom stereocenters. The predicted octanol–water partition coefficient (Wildman–Crippen LogP) is 2.31. The van der Waals surface area contributed by atoms with Gasteiger partial charge in [0.2, 0.25) is 0 Å². The number of ether oxygens (including phenoxy) is 3. The summed E-state index contributed by atoms with van der Waals surface area (Å²) in [6, 6.07) is 6.97. The van der Waals surface area contributed by atoms with Crippen molar-refractivity contribution in [1.82, 2.24) is 0 Å². The fraction of sp³-hybridized carbons (Fsp3) is 0.556. The summed E-state index contributed by atoms with van der Waals surface area (Å²) >= 11 is 0. The van der Waals surface area contributed by atoms with Crippen LogP contribution in [0, 0.1) is 0 Å². The van der Waals surface area contributed by atoms with Crippen molar-refractivity contribution in [3.05, 3.63) is 29.8 Å². The zero-order valence-electron chi connectivity index (χ0n) is 15.0. The Bertz CT molecular complexity index is 727. The van der Waals surface area contributed by atoms with Crippen LogP contribution in [0.15, 0.2) is 24.3 Å². The van der Waals surface area contributed by atoms with Crippen molar-refractivity contribution in [3.8, 4) is 0 Å². The molecule has 2 aliphatic heterocycles. The number of esters is 1. The molecule has 2 heterocycles. The lowest BCUT2D eigenvalue weighted by molar-refractivity contribution is -0.161. The maximum absolute atomic E-state index is 12.9. The molecule has 1 saturated heterocycles. The Morgan fingerprint density at radius 3 is 2.56 bits per heavy atom. The SMILES string of the molecule is COC(=O)[C@@H]1CC2(O)c3ccccc3N(C(=O)OC(C)(C)C)C2(C)O1. The van der Waals surface area contributed by atoms with Crippen LogP contribution in [0.2, 0.25) is 0 Å². The average Bonchev–Trinajstić information content (AvgIpc) is 2.87. The molecule has 1 N–H and O–H groups in total. The molecule has 2 aliphatic rings. The van der Waals surface area contributed by atoms with E-state index in [1.54, 1.807) is 52.0 Å². The predicted molar refractivity (Wildman–Crippen MR) is 89.0 cm³/mol. The third-order valence-corrected chi connectivity index (χ3v) is 4.68. The van der Waals surface area contributed by atoms with Gasteiger partial charge in [-0.3, -0.25) is 0 Å². The summed E-state index contributed by atoms with van der Waals surface area (Å²) in [6.07, 6.45) is -1.63. The molecule has 0 spiro atoms. The van der Waals surface area contributed by atoms with Crippen LogP contribution in [0.4, 0.5) is 10.5 Å². The number of aliphatic hydroxyl groups is 1. The Hall–Kier alpha value is -2.12. The minimum absolute atomic E-state index is 0.00746. The fourth-order valence-corrected chi connectivity index (χ4v) is 3.56. The molecule has 136 valence electrons. The molecular formula is C18H23NO6. The normalized spacial score (nSPS) is 30.6. The minimum atomic E-state index is -1.54. The van der Waals surface area contributed by atoms with Crippen LogP contribution in [0.3, 0.4) is 0 Å². The number of methoxy groups -OCH3 is 1. The van der Waals surface area contributed by atoms with Crippen LogP contribution < -0.4 is 4.90 Å². The summed E-state index contributed by atoms with van der Waals surface area (Å²) in [5, 5.41) is 11.4. The summed E-state index contributed by atoms with van der Waals surface area (Å²) in [6.45, 7) is 6.86. The quantitative estimate of drug-likeness (QED) is 0.783. The highest BCUT2D eigenvalue weighted by molar-refractivity contribution is 5.94. The Morgan fingerprint density at radius 2 is 1.96 bits per heavy atom. The molecule has 0 saturated carbocycles. The van der Waals surface area contributed by atoms with Gasteiger partial charge in [0.25, 0.3) is 0 Å². The lowest BCUT2D eigenvalue weighted by Gasteiger charge is -2.38. The van der Waals surface area contributed by atoms with Gasteiger partial charge in [-0.25, -0.2) is 14.5 Å². The molecule has 1 aromatic carbocycles. The Morgan fingerprint density at radius 1 is 1.32 bits per heavy atom. The topological polar surface area (TPSA) is 85.3 Å². The highest BCUT2D eigenvalue weighted by Crippen LogP contribution is 2.58. The molecular weight excluding hydrogens is 326 g/mol. The first kappa shape index (κ1) is 17.7. The van der Waals surface area contributed by atoms with Crippen LogP contribution in [-0.4, -0.2) is 41.7 Å². The number of anilines is 1. The molecule has 1 fully saturated rings. The van der Waals surface area contributed by atoms with E-state index in [0.717, 1.165) is 0 Å². The number of carbonyl (C=O) groups is 2. The van der Waals surface area contributed by atoms with Crippen molar-refractivity contribution in [2.45, 2.75) is 57.1 Å². The molecule has 0 radical (unpaired) electrons. The molecule has 1 aromatic rings. The van der Waals surface area contributed by atoms with E-state index >= 15 is 0 Å². The van der Waals surface area contributed by atoms with Crippen molar-refractivity contribution in [3.63, 3.8) is 0 Å². The first-order valence-electron chi connectivity index (χ1n) is 8.14. The van der Waals surface area contributed by atoms with Gasteiger partial charge in [-0.2, -0.15) is 0 Å². The van der Waals surface area contributed by atoms with Crippen LogP contribution in [0.1, 0.15) is 39.7 Å². The number of para-hydroxylation sites is 1. The monoisotopic (exact) mass is 349 g/mol. The maximum Gasteiger partial charge on any atom is 0.417 e. The van der Waals surface area contributed by atoms with Gasteiger partial charge in [0, 0.05) is 12.0 Å². The van der Waals surface area contributed by atoms with Crippen LogP contribution >= 0.6 is 0 Å². The molecule has 25 heavy (non-hydrogen) atoms. The zero-order valence-corrected chi connectivity index (χ0v) is 15.0. The van der Waals surface area contributed by atoms with Crippen molar-refractivity contribution in [2.24, 2.45) is 0 Å². The first-order valence-corrected chi connectivity index (χ1v) is 8.14. The smallest absolute Gasteiger partial charge is 0.417 e. The molecule has 0 aliphatic carbocycles. The van der Waals surface area contributed by atoms with Gasteiger partial charge >= 0.3 is 12.1 Å². The van der Waals surface area contributed by atoms with Crippen LogP contribution in [0.5, 0.6) is 0 Å². The Balaban J connectivity index is 2.09. The number of nitrogens with zero attached hydrogens (tertiary/aromatic N) is 1. The molecule has 0 aromatic heterocycles. The van der Waals surface area contributed by atoms with Crippen LogP contribution in [-0.2, 0) is 24.6 Å². The van der Waals surface area contributed by atoms with E-state index in [1.165, 1.54) is 12.0 Å². The van der Waals surface area contributed by atoms with E-state index in [0.29, 0.717) is 11.3 Å². The number of benzene rings is 1. The van der Waals surface area contributed by atoms with Gasteiger partial charge in [-0.15, -0.1) is 0 Å². The van der Waals surface area contributed by atoms with E-state index in [1.807, 2.05) is 0 Å². The maximum atomic E-state index is 12.9. The van der Waals surface area contributed by atoms with Gasteiger partial charge in [0.15, 0.2) is 11.8 Å². The zero-order chi connectivity index (χ0) is 18.6. The fourth-order valence-electron chi connectivity index (χ4n) is 3.56. The van der Waals surface area contributed by atoms with Gasteiger partial charge < -0.3 is 19.3 Å². The van der Waals surface area contributed by atoms with Crippen LogP contribution in [0.25, 0.3) is 0 Å². The summed E-state index contributed by atoms with van der Waals surface area (Å²) in [5.41, 5.74) is -2.71. The van der Waals surface area contributed by atoms with E-state index in [9.17, 15) is 14.7 Å². The molecule has 1 amide bonds. The first-order chi connectivity index (χ1) is 11.5. The molecule has 2 unspecified atom stereocenters. The summed E-state index contributed by atoms with van der Waals surface area (Å²) in [4.78, 5) is 26.1. The van der Waals surface area contributed by atoms with Gasteiger partial charge in [-0.1, -0.05) is 18.2 Å². The highest BCUT2D eigenvalue weighted by atomic mass is 16.6. The molecule has 3 rings (SSSR count). The van der Waals surface area contributed by atoms with E-state index in [2.05, 4.69) is 0 Å². The Kier molecular flexibility index (Phi) is 3.85. The summed E-state index contributed by atoms with van der Waals surface area (Å²) in [7, 11) is 1.26. The minimum Gasteiger partial charge on any atom is -0.467 e. The number of fused-ring (bicyclic) bond motifs is 3. The van der Waals surface area contributed by atoms with Crippen molar-refractivity contribution < 1.29 is 28.9 Å². The lowest BCUT2D eigenvalue weighted by Crippen LogP contribution is -2.57. The number of hydrogen-bond donors (Lipinski definition) is 1. The number of hydrogen-bond acceptors (Lipinski definition) is 6. The summed E-state index contributed by atoms with van der Waals surface area (Å²) < 4.78 is 16.1. The molecule has 0 bridgehead atoms. The number of rotatable bonds is 1. The third kappa shape index (κ3) is 2.49. The van der Waals surface area contributed by atoms with Gasteiger partial charge in [0.05, 0.1) is 12.8 Å². The second-order valence-corrected chi connectivity index (χ2v) is 7.51. The third-order valence-electron chi connectivity index (χ3n) is 4.68. The van der Waals surface area contributed by atoms with E-state index < -0.39 is 35.1 Å². The largest absolute Gasteiger partial charge is 0.467 e. The van der Waals surface area contributed by atoms with Gasteiger partial charge in [0.1, 0.15) is 11.2 Å². The summed E-state index contributed by atoms with van der Waals surface area (Å²) in [5.74, 6) is -0.592. The van der Waals surface area contributed by atoms with Crippen molar-refractivity contribution >= 4 is 17.7 Å². The molecule has 7 nitrogen and oxygen atoms in total. The lowest BCUT2D eigenvalue weighted by atomic mass is 9.85. The second kappa shape index (κ2) is 5.44. The number of amides is 1. The van der Waals surface area contributed by atoms with Crippen molar-refractivity contribution in [1.29, 1.82) is 0 Å². The van der Waals surface area contributed by atoms with E-state index in [4.69, 9.17) is 14.2 Å². The average molecular weight is 349 g/mol. The van der Waals surface area contributed by atoms with Gasteiger partial charge in [-0.05, 0) is 33.8 Å². The van der Waals surface area contributed by atoms with Crippen molar-refractivity contribution in [2.75, 3.05) is 12.0 Å². The molecule has 7 heteroatoms.